The van der Waals surface area contributed by atoms with Crippen molar-refractivity contribution in [2.45, 2.75) is 43.7 Å². The first kappa shape index (κ1) is 33.8. The molecule has 1 aliphatic rings. The number of hydrogen-bond acceptors (Lipinski definition) is 12. The Balaban J connectivity index is 1.42. The molecule has 6 atom stereocenters. The van der Waals surface area contributed by atoms with Gasteiger partial charge >= 0.3 is 19.8 Å². The molecule has 4 aromatic rings. The lowest BCUT2D eigenvalue weighted by Gasteiger charge is -2.27. The molecule has 47 heavy (non-hydrogen) atoms. The molecular formula is C29H26BrN6O10P. The van der Waals surface area contributed by atoms with E-state index >= 15 is 0 Å². The Morgan fingerprint density at radius 3 is 2.64 bits per heavy atom. The minimum absolute atomic E-state index is 0.00136. The molecule has 1 saturated heterocycles. The number of aliphatic hydroxyl groups excluding tert-OH is 2. The molecule has 0 spiro atoms. The van der Waals surface area contributed by atoms with Crippen molar-refractivity contribution >= 4 is 40.8 Å². The smallest absolute Gasteiger partial charge is 0.395 e. The van der Waals surface area contributed by atoms with Gasteiger partial charge in [0, 0.05) is 22.6 Å². The predicted molar refractivity (Wildman–Crippen MR) is 168 cm³/mol. The monoisotopic (exact) mass is 728 g/mol. The van der Waals surface area contributed by atoms with Gasteiger partial charge in [0.15, 0.2) is 18.0 Å². The highest BCUT2D eigenvalue weighted by Gasteiger charge is 2.56. The molecule has 6 unspecified atom stereocenters. The largest absolute Gasteiger partial charge is 0.575 e. The zero-order chi connectivity index (χ0) is 33.7. The van der Waals surface area contributed by atoms with Gasteiger partial charge in [0.2, 0.25) is 11.5 Å². The van der Waals surface area contributed by atoms with Crippen LogP contribution < -0.4 is 25.4 Å². The highest BCUT2D eigenvalue weighted by molar-refractivity contribution is 9.10. The molecule has 0 radical (unpaired) electrons. The lowest BCUT2D eigenvalue weighted by atomic mass is 10.1. The summed E-state index contributed by atoms with van der Waals surface area (Å²) in [5, 5.41) is 26.4. The summed E-state index contributed by atoms with van der Waals surface area (Å²) in [5.74, 6) is -0.889. The second-order valence-electron chi connectivity index (χ2n) is 10.2. The zero-order valence-electron chi connectivity index (χ0n) is 24.4. The van der Waals surface area contributed by atoms with Crippen LogP contribution in [0.3, 0.4) is 0 Å². The van der Waals surface area contributed by atoms with Gasteiger partial charge in [0.1, 0.15) is 25.4 Å². The van der Waals surface area contributed by atoms with Crippen molar-refractivity contribution in [3.63, 3.8) is 0 Å². The number of esters is 1. The molecule has 3 aromatic carbocycles. The third-order valence-electron chi connectivity index (χ3n) is 7.08. The van der Waals surface area contributed by atoms with E-state index in [0.717, 1.165) is 22.4 Å². The standard InChI is InChI=1S/C29H26BrN6O10P/c1-16(27(40)43-14-17-7-3-2-4-8-17)33-47(42)46-24-20(30)13-18-9-5-6-10-19(18)23(24)44-15-29(34-35-31)25(39)22(38)26(45-29)36-12-11-21(37)32-28(36)41/h2-13,16,22,25-26,38-39H,14-15H2,1H3,(H,32,37,41). The van der Waals surface area contributed by atoms with Crippen LogP contribution in [0.2, 0.25) is 0 Å². The van der Waals surface area contributed by atoms with Crippen LogP contribution in [-0.4, -0.2) is 56.3 Å². The summed E-state index contributed by atoms with van der Waals surface area (Å²) >= 11 is 3.38. The summed E-state index contributed by atoms with van der Waals surface area (Å²) in [4.78, 5) is 54.3. The molecule has 1 aliphatic heterocycles. The van der Waals surface area contributed by atoms with Crippen molar-refractivity contribution < 1.29 is 38.6 Å². The first-order valence-electron chi connectivity index (χ1n) is 13.9. The third-order valence-corrected chi connectivity index (χ3v) is 8.54. The van der Waals surface area contributed by atoms with Crippen molar-refractivity contribution in [2.75, 3.05) is 6.61 Å². The summed E-state index contributed by atoms with van der Waals surface area (Å²) in [6, 6.07) is 17.3. The number of H-pyrrole nitrogens is 1. The molecule has 0 amide bonds. The predicted octanol–water partition coefficient (Wildman–Crippen LogP) is 3.16. The topological polar surface area (TPSA) is 233 Å². The van der Waals surface area contributed by atoms with Crippen LogP contribution in [0.5, 0.6) is 11.5 Å². The second kappa shape index (κ2) is 14.4. The molecule has 5 rings (SSSR count). The number of carbonyl (C=O) groups is 1. The summed E-state index contributed by atoms with van der Waals surface area (Å²) in [7, 11) is -2.89. The number of aromatic amines is 1. The first-order chi connectivity index (χ1) is 22.5. The van der Waals surface area contributed by atoms with Crippen LogP contribution in [0, 0.1) is 0 Å². The Labute approximate surface area is 274 Å². The molecule has 3 N–H and O–H groups in total. The van der Waals surface area contributed by atoms with Gasteiger partial charge in [-0.15, -0.1) is 0 Å². The van der Waals surface area contributed by atoms with Crippen molar-refractivity contribution in [1.29, 1.82) is 0 Å². The van der Waals surface area contributed by atoms with E-state index in [0.29, 0.717) is 10.8 Å². The molecule has 16 nitrogen and oxygen atoms in total. The maximum atomic E-state index is 13.1. The van der Waals surface area contributed by atoms with Gasteiger partial charge in [-0.1, -0.05) is 64.5 Å². The van der Waals surface area contributed by atoms with Gasteiger partial charge in [0.25, 0.3) is 5.56 Å². The average molecular weight is 729 g/mol. The average Bonchev–Trinajstić information content (AvgIpc) is 3.29. The minimum atomic E-state index is -2.89. The van der Waals surface area contributed by atoms with E-state index in [9.17, 15) is 35.0 Å². The van der Waals surface area contributed by atoms with Gasteiger partial charge in [-0.2, -0.15) is 0 Å². The van der Waals surface area contributed by atoms with Gasteiger partial charge in [-0.25, -0.2) is 9.59 Å². The Kier molecular flexibility index (Phi) is 10.4. The number of rotatable bonds is 11. The van der Waals surface area contributed by atoms with Gasteiger partial charge in [0.05, 0.1) is 4.47 Å². The molecular weight excluding hydrogens is 703 g/mol. The van der Waals surface area contributed by atoms with Crippen LogP contribution in [0.4, 0.5) is 0 Å². The van der Waals surface area contributed by atoms with Crippen molar-refractivity contribution in [1.82, 2.24) is 9.55 Å². The van der Waals surface area contributed by atoms with Crippen LogP contribution in [0.25, 0.3) is 21.2 Å². The second-order valence-corrected chi connectivity index (χ2v) is 12.0. The summed E-state index contributed by atoms with van der Waals surface area (Å²) < 4.78 is 27.7. The molecule has 244 valence electrons. The van der Waals surface area contributed by atoms with Gasteiger partial charge < -0.3 is 29.3 Å². The van der Waals surface area contributed by atoms with E-state index < -0.39 is 62.2 Å². The molecule has 1 fully saturated rings. The fourth-order valence-corrected chi connectivity index (χ4v) is 6.13. The van der Waals surface area contributed by atoms with E-state index in [1.54, 1.807) is 54.6 Å². The molecule has 0 saturated carbocycles. The summed E-state index contributed by atoms with van der Waals surface area (Å²) in [5.41, 5.74) is 6.16. The van der Waals surface area contributed by atoms with E-state index in [1.807, 2.05) is 11.1 Å². The van der Waals surface area contributed by atoms with Crippen molar-refractivity contribution in [2.24, 2.45) is 9.86 Å². The van der Waals surface area contributed by atoms with E-state index in [4.69, 9.17) is 18.7 Å². The lowest BCUT2D eigenvalue weighted by molar-refractivity contribution is -0.170. The minimum Gasteiger partial charge on any atom is -0.575 e. The normalized spacial score (nSPS) is 21.6. The number of carbonyl (C=O) groups excluding carboxylic acids is 1. The van der Waals surface area contributed by atoms with Crippen LogP contribution in [0.15, 0.2) is 96.8 Å². The maximum Gasteiger partial charge on any atom is 0.395 e. The Morgan fingerprint density at radius 2 is 1.91 bits per heavy atom. The van der Waals surface area contributed by atoms with E-state index in [1.165, 1.54) is 6.92 Å². The Bertz CT molecular complexity index is 1990. The first-order valence-corrected chi connectivity index (χ1v) is 15.8. The van der Waals surface area contributed by atoms with Crippen LogP contribution >= 0.6 is 24.1 Å². The molecule has 2 heterocycles. The number of nitrogens with zero attached hydrogens (tertiary/aromatic N) is 5. The van der Waals surface area contributed by atoms with Gasteiger partial charge in [-0.3, -0.25) is 18.9 Å². The van der Waals surface area contributed by atoms with E-state index in [-0.39, 0.29) is 22.6 Å². The number of hydrogen-bond donors (Lipinski definition) is 3. The Hall–Kier alpha value is -4.60. The SMILES string of the molecule is CC(N=[P+]([O-])Oc1c(Br)cc2ccccc2c1OCC1(N=[N+]=[N-])OC(n2ccc(=O)[nH]c2=O)C(O)C1O)C(=O)OCc1ccccc1. The highest BCUT2D eigenvalue weighted by atomic mass is 79.9. The number of halogens is 1. The summed E-state index contributed by atoms with van der Waals surface area (Å²) in [6.45, 7) is 0.657. The number of aliphatic hydroxyl groups is 2. The number of azide groups is 1. The summed E-state index contributed by atoms with van der Waals surface area (Å²) in [6.07, 6.45) is -4.27. The fraction of sp³-hybridized carbons (Fsp3) is 0.276. The number of aromatic nitrogens is 2. The highest BCUT2D eigenvalue weighted by Crippen LogP contribution is 2.46. The van der Waals surface area contributed by atoms with E-state index in [2.05, 4.69) is 30.7 Å². The lowest BCUT2D eigenvalue weighted by Crippen LogP contribution is -2.46. The van der Waals surface area contributed by atoms with Crippen LogP contribution in [-0.2, 0) is 20.9 Å². The van der Waals surface area contributed by atoms with Crippen molar-refractivity contribution in [3.05, 3.63) is 114 Å². The number of fused-ring (bicyclic) bond motifs is 1. The number of benzene rings is 3. The fourth-order valence-electron chi connectivity index (χ4n) is 4.73. The van der Waals surface area contributed by atoms with Crippen molar-refractivity contribution in [3.8, 4) is 11.5 Å². The van der Waals surface area contributed by atoms with Crippen LogP contribution in [0.1, 0.15) is 18.7 Å². The molecule has 0 aliphatic carbocycles. The third kappa shape index (κ3) is 7.37. The zero-order valence-corrected chi connectivity index (χ0v) is 26.9. The maximum absolute atomic E-state index is 13.1. The molecule has 18 heteroatoms. The number of ether oxygens (including phenoxy) is 3. The quantitative estimate of drug-likeness (QED) is 0.0671. The molecule has 0 bridgehead atoms. The van der Waals surface area contributed by atoms with Gasteiger partial charge in [-0.05, 0) is 45.4 Å². The molecule has 1 aromatic heterocycles. The Morgan fingerprint density at radius 1 is 1.19 bits per heavy atom. The number of nitrogens with one attached hydrogen (secondary N) is 1.